The van der Waals surface area contributed by atoms with Crippen molar-refractivity contribution in [3.05, 3.63) is 23.8 Å². The van der Waals surface area contributed by atoms with Crippen molar-refractivity contribution in [2.45, 2.75) is 12.8 Å². The minimum absolute atomic E-state index is 0.708. The second-order valence-corrected chi connectivity index (χ2v) is 4.72. The quantitative estimate of drug-likeness (QED) is 0.876. The van der Waals surface area contributed by atoms with Gasteiger partial charge in [-0.25, -0.2) is 0 Å². The molecule has 4 heteroatoms. The van der Waals surface area contributed by atoms with E-state index in [4.69, 9.17) is 11.0 Å². The molecule has 0 saturated heterocycles. The summed E-state index contributed by atoms with van der Waals surface area (Å²) in [5.41, 5.74) is 8.70. The molecule has 0 amide bonds. The largest absolute Gasteiger partial charge is 0.373 e. The van der Waals surface area contributed by atoms with Gasteiger partial charge in [-0.2, -0.15) is 5.26 Å². The Hall–Kier alpha value is -1.73. The maximum Gasteiger partial charge on any atom is 0.0992 e. The lowest BCUT2D eigenvalue weighted by Crippen LogP contribution is -2.26. The number of nitrogens with zero attached hydrogens (tertiary/aromatic N) is 3. The van der Waals surface area contributed by atoms with Gasteiger partial charge in [0.05, 0.1) is 23.0 Å². The van der Waals surface area contributed by atoms with Crippen LogP contribution in [-0.2, 0) is 0 Å². The molecule has 1 aliphatic rings. The van der Waals surface area contributed by atoms with Gasteiger partial charge in [0.2, 0.25) is 0 Å². The van der Waals surface area contributed by atoms with Gasteiger partial charge in [0.25, 0.3) is 0 Å². The van der Waals surface area contributed by atoms with E-state index in [0.717, 1.165) is 38.0 Å². The Labute approximate surface area is 109 Å². The predicted molar refractivity (Wildman–Crippen MR) is 74.9 cm³/mol. The van der Waals surface area contributed by atoms with Gasteiger partial charge in [-0.3, -0.25) is 0 Å². The van der Waals surface area contributed by atoms with E-state index in [1.165, 1.54) is 11.4 Å². The van der Waals surface area contributed by atoms with Crippen molar-refractivity contribution >= 4 is 11.4 Å². The third-order valence-electron chi connectivity index (χ3n) is 3.41. The highest BCUT2D eigenvalue weighted by molar-refractivity contribution is 5.73. The molecule has 1 aromatic carbocycles. The molecule has 0 spiro atoms. The SMILES string of the molecule is CN1CCCN(CCCN)c2cc(C#N)ccc21. The maximum absolute atomic E-state index is 9.04. The van der Waals surface area contributed by atoms with Crippen molar-refractivity contribution < 1.29 is 0 Å². The van der Waals surface area contributed by atoms with E-state index in [-0.39, 0.29) is 0 Å². The Morgan fingerprint density at radius 2 is 2.17 bits per heavy atom. The molecule has 0 aromatic heterocycles. The molecule has 0 fully saturated rings. The van der Waals surface area contributed by atoms with Crippen molar-refractivity contribution in [1.29, 1.82) is 5.26 Å². The third-order valence-corrected chi connectivity index (χ3v) is 3.41. The van der Waals surface area contributed by atoms with Crippen LogP contribution in [0.15, 0.2) is 18.2 Å². The lowest BCUT2D eigenvalue weighted by Gasteiger charge is -2.26. The predicted octanol–water partition coefficient (Wildman–Crippen LogP) is 1.55. The van der Waals surface area contributed by atoms with Crippen LogP contribution in [0.1, 0.15) is 18.4 Å². The Bertz CT molecular complexity index is 450. The zero-order chi connectivity index (χ0) is 13.0. The number of nitriles is 1. The number of rotatable bonds is 3. The standard InChI is InChI=1S/C14H20N4/c1-17-7-3-9-18(8-2-6-15)14-10-12(11-16)4-5-13(14)17/h4-5,10H,2-3,6-9,15H2,1H3. The molecular weight excluding hydrogens is 224 g/mol. The minimum atomic E-state index is 0.708. The normalized spacial score (nSPS) is 14.9. The van der Waals surface area contributed by atoms with E-state index in [2.05, 4.69) is 29.0 Å². The summed E-state index contributed by atoms with van der Waals surface area (Å²) in [7, 11) is 2.11. The van der Waals surface area contributed by atoms with Crippen LogP contribution >= 0.6 is 0 Å². The molecule has 1 heterocycles. The Balaban J connectivity index is 2.36. The fourth-order valence-corrected chi connectivity index (χ4v) is 2.42. The van der Waals surface area contributed by atoms with Crippen LogP contribution in [-0.4, -0.2) is 33.2 Å². The van der Waals surface area contributed by atoms with Crippen molar-refractivity contribution in [2.75, 3.05) is 43.0 Å². The summed E-state index contributed by atoms with van der Waals surface area (Å²) in [6.45, 7) is 3.76. The average molecular weight is 244 g/mol. The molecule has 0 atom stereocenters. The Kier molecular flexibility index (Phi) is 4.06. The molecule has 4 nitrogen and oxygen atoms in total. The first kappa shape index (κ1) is 12.7. The molecule has 0 saturated carbocycles. The molecule has 1 aromatic rings. The van der Waals surface area contributed by atoms with E-state index in [1.54, 1.807) is 0 Å². The van der Waals surface area contributed by atoms with Gasteiger partial charge < -0.3 is 15.5 Å². The van der Waals surface area contributed by atoms with Gasteiger partial charge in [-0.15, -0.1) is 0 Å². The number of anilines is 2. The Morgan fingerprint density at radius 1 is 1.33 bits per heavy atom. The van der Waals surface area contributed by atoms with Gasteiger partial charge in [0.1, 0.15) is 0 Å². The number of hydrogen-bond acceptors (Lipinski definition) is 4. The summed E-state index contributed by atoms with van der Waals surface area (Å²) >= 11 is 0. The first-order chi connectivity index (χ1) is 8.76. The van der Waals surface area contributed by atoms with Crippen molar-refractivity contribution in [1.82, 2.24) is 0 Å². The van der Waals surface area contributed by atoms with Crippen LogP contribution < -0.4 is 15.5 Å². The average Bonchev–Trinajstić information content (AvgIpc) is 2.56. The summed E-state index contributed by atoms with van der Waals surface area (Å²) in [5, 5.41) is 9.04. The first-order valence-corrected chi connectivity index (χ1v) is 6.46. The monoisotopic (exact) mass is 244 g/mol. The summed E-state index contributed by atoms with van der Waals surface area (Å²) < 4.78 is 0. The molecular formula is C14H20N4. The molecule has 18 heavy (non-hydrogen) atoms. The fraction of sp³-hybridized carbons (Fsp3) is 0.500. The number of fused-ring (bicyclic) bond motifs is 1. The summed E-state index contributed by atoms with van der Waals surface area (Å²) in [6.07, 6.45) is 2.12. The molecule has 2 N–H and O–H groups in total. The molecule has 0 unspecified atom stereocenters. The van der Waals surface area contributed by atoms with Crippen molar-refractivity contribution in [3.8, 4) is 6.07 Å². The van der Waals surface area contributed by atoms with Crippen LogP contribution in [0.3, 0.4) is 0 Å². The highest BCUT2D eigenvalue weighted by Gasteiger charge is 2.18. The van der Waals surface area contributed by atoms with Crippen LogP contribution in [0.25, 0.3) is 0 Å². The Morgan fingerprint density at radius 3 is 2.89 bits per heavy atom. The summed E-state index contributed by atoms with van der Waals surface area (Å²) in [5.74, 6) is 0. The molecule has 1 aliphatic heterocycles. The highest BCUT2D eigenvalue weighted by Crippen LogP contribution is 2.32. The first-order valence-electron chi connectivity index (χ1n) is 6.46. The molecule has 0 radical (unpaired) electrons. The topological polar surface area (TPSA) is 56.3 Å². The van der Waals surface area contributed by atoms with Crippen LogP contribution in [0.4, 0.5) is 11.4 Å². The second-order valence-electron chi connectivity index (χ2n) is 4.72. The number of benzene rings is 1. The van der Waals surface area contributed by atoms with Gasteiger partial charge in [0.15, 0.2) is 0 Å². The zero-order valence-electron chi connectivity index (χ0n) is 10.9. The van der Waals surface area contributed by atoms with Crippen LogP contribution in [0.2, 0.25) is 0 Å². The van der Waals surface area contributed by atoms with E-state index >= 15 is 0 Å². The van der Waals surface area contributed by atoms with E-state index < -0.39 is 0 Å². The zero-order valence-corrected chi connectivity index (χ0v) is 10.9. The fourth-order valence-electron chi connectivity index (χ4n) is 2.42. The van der Waals surface area contributed by atoms with Crippen molar-refractivity contribution in [3.63, 3.8) is 0 Å². The molecule has 96 valence electrons. The second kappa shape index (κ2) is 5.74. The van der Waals surface area contributed by atoms with Gasteiger partial charge in [0, 0.05) is 26.7 Å². The molecule has 0 bridgehead atoms. The van der Waals surface area contributed by atoms with E-state index in [9.17, 15) is 0 Å². The highest BCUT2D eigenvalue weighted by atomic mass is 15.2. The van der Waals surface area contributed by atoms with Gasteiger partial charge in [-0.05, 0) is 37.6 Å². The van der Waals surface area contributed by atoms with E-state index in [0.29, 0.717) is 6.54 Å². The summed E-state index contributed by atoms with van der Waals surface area (Å²) in [4.78, 5) is 4.62. The van der Waals surface area contributed by atoms with E-state index in [1.807, 2.05) is 12.1 Å². The third kappa shape index (κ3) is 2.57. The lowest BCUT2D eigenvalue weighted by molar-refractivity contribution is 0.710. The number of hydrogen-bond donors (Lipinski definition) is 1. The molecule has 2 rings (SSSR count). The lowest BCUT2D eigenvalue weighted by atomic mass is 10.1. The van der Waals surface area contributed by atoms with Gasteiger partial charge >= 0.3 is 0 Å². The number of nitrogens with two attached hydrogens (primary N) is 1. The van der Waals surface area contributed by atoms with Gasteiger partial charge in [-0.1, -0.05) is 0 Å². The summed E-state index contributed by atoms with van der Waals surface area (Å²) in [6, 6.07) is 8.15. The van der Waals surface area contributed by atoms with Crippen LogP contribution in [0, 0.1) is 11.3 Å². The van der Waals surface area contributed by atoms with Crippen LogP contribution in [0.5, 0.6) is 0 Å². The molecule has 0 aliphatic carbocycles. The van der Waals surface area contributed by atoms with Crippen molar-refractivity contribution in [2.24, 2.45) is 5.73 Å². The smallest absolute Gasteiger partial charge is 0.0992 e. The maximum atomic E-state index is 9.04. The minimum Gasteiger partial charge on any atom is -0.373 e.